The molecule has 0 saturated heterocycles. The molecule has 0 radical (unpaired) electrons. The van der Waals surface area contributed by atoms with Crippen LogP contribution < -0.4 is 11.3 Å². The zero-order valence-electron chi connectivity index (χ0n) is 11.0. The second-order valence-electron chi connectivity index (χ2n) is 4.41. The van der Waals surface area contributed by atoms with E-state index in [4.69, 9.17) is 14.7 Å². The first-order chi connectivity index (χ1) is 9.10. The number of carbonyl (C=O) groups excluding carboxylic acids is 1. The molecule has 0 bridgehead atoms. The minimum absolute atomic E-state index is 0.346. The highest BCUT2D eigenvalue weighted by Gasteiger charge is 2.15. The lowest BCUT2D eigenvalue weighted by Crippen LogP contribution is -2.30. The summed E-state index contributed by atoms with van der Waals surface area (Å²) in [5.74, 6) is 6.92. The Morgan fingerprint density at radius 2 is 2.16 bits per heavy atom. The average Bonchev–Trinajstić information content (AvgIpc) is 2.98. The summed E-state index contributed by atoms with van der Waals surface area (Å²) in [4.78, 5) is 13.5. The summed E-state index contributed by atoms with van der Waals surface area (Å²) in [5, 5.41) is 0. The molecule has 2 aromatic heterocycles. The lowest BCUT2D eigenvalue weighted by molar-refractivity contribution is 0.0952. The monoisotopic (exact) mass is 263 g/mol. The molecule has 0 spiro atoms. The lowest BCUT2D eigenvalue weighted by atomic mass is 10.2. The number of aryl methyl sites for hydroxylation is 1. The molecule has 2 rings (SSSR count). The molecule has 0 aliphatic carbocycles. The normalized spacial score (nSPS) is 10.9. The summed E-state index contributed by atoms with van der Waals surface area (Å²) in [7, 11) is 1.95. The molecular weight excluding hydrogens is 246 g/mol. The number of hydrogen-bond acceptors (Lipinski definition) is 5. The molecule has 0 atom stereocenters. The average molecular weight is 263 g/mol. The molecule has 0 fully saturated rings. The number of rotatable bonds is 5. The number of furan rings is 2. The van der Waals surface area contributed by atoms with Crippen LogP contribution in [0.4, 0.5) is 0 Å². The highest BCUT2D eigenvalue weighted by atomic mass is 16.3. The van der Waals surface area contributed by atoms with Crippen molar-refractivity contribution < 1.29 is 13.6 Å². The summed E-state index contributed by atoms with van der Waals surface area (Å²) in [6.45, 7) is 2.99. The van der Waals surface area contributed by atoms with E-state index in [0.29, 0.717) is 30.2 Å². The van der Waals surface area contributed by atoms with Gasteiger partial charge in [0, 0.05) is 0 Å². The Kier molecular flexibility index (Phi) is 4.03. The molecule has 0 unspecified atom stereocenters. The maximum Gasteiger partial charge on any atom is 0.268 e. The molecule has 6 nitrogen and oxygen atoms in total. The molecule has 2 aromatic rings. The van der Waals surface area contributed by atoms with E-state index in [1.165, 1.54) is 0 Å². The third kappa shape index (κ3) is 3.24. The van der Waals surface area contributed by atoms with Gasteiger partial charge in [0.05, 0.1) is 24.9 Å². The van der Waals surface area contributed by atoms with E-state index in [9.17, 15) is 4.79 Å². The van der Waals surface area contributed by atoms with Gasteiger partial charge in [-0.2, -0.15) is 0 Å². The zero-order chi connectivity index (χ0) is 13.8. The molecule has 1 amide bonds. The van der Waals surface area contributed by atoms with E-state index < -0.39 is 0 Å². The van der Waals surface area contributed by atoms with E-state index in [1.807, 2.05) is 24.1 Å². The van der Waals surface area contributed by atoms with E-state index in [-0.39, 0.29) is 5.91 Å². The van der Waals surface area contributed by atoms with Crippen LogP contribution in [-0.2, 0) is 13.1 Å². The summed E-state index contributed by atoms with van der Waals surface area (Å²) in [6, 6.07) is 5.47. The maximum absolute atomic E-state index is 11.5. The maximum atomic E-state index is 11.5. The molecule has 3 N–H and O–H groups in total. The van der Waals surface area contributed by atoms with E-state index in [0.717, 1.165) is 5.76 Å². The van der Waals surface area contributed by atoms with Gasteiger partial charge in [0.15, 0.2) is 0 Å². The summed E-state index contributed by atoms with van der Waals surface area (Å²) in [6.07, 6.45) is 1.64. The number of amides is 1. The Balaban J connectivity index is 2.01. The third-order valence-electron chi connectivity index (χ3n) is 2.78. The minimum Gasteiger partial charge on any atom is -0.468 e. The molecule has 0 saturated carbocycles. The molecule has 0 aliphatic heterocycles. The van der Waals surface area contributed by atoms with Gasteiger partial charge in [-0.15, -0.1) is 0 Å². The van der Waals surface area contributed by atoms with E-state index in [2.05, 4.69) is 5.43 Å². The van der Waals surface area contributed by atoms with Crippen LogP contribution >= 0.6 is 0 Å². The molecule has 102 valence electrons. The van der Waals surface area contributed by atoms with Crippen molar-refractivity contribution in [3.05, 3.63) is 47.3 Å². The van der Waals surface area contributed by atoms with Crippen molar-refractivity contribution in [2.45, 2.75) is 20.0 Å². The van der Waals surface area contributed by atoms with Crippen LogP contribution in [0.1, 0.15) is 27.6 Å². The number of nitrogens with zero attached hydrogens (tertiary/aromatic N) is 1. The molecular formula is C13H17N3O3. The van der Waals surface area contributed by atoms with Gasteiger partial charge < -0.3 is 8.83 Å². The van der Waals surface area contributed by atoms with Crippen molar-refractivity contribution in [2.75, 3.05) is 7.05 Å². The molecule has 0 aliphatic rings. The van der Waals surface area contributed by atoms with E-state index in [1.54, 1.807) is 19.3 Å². The number of nitrogens with two attached hydrogens (primary N) is 1. The summed E-state index contributed by atoms with van der Waals surface area (Å²) < 4.78 is 10.8. The number of hydrazine groups is 1. The van der Waals surface area contributed by atoms with Crippen LogP contribution in [-0.4, -0.2) is 17.9 Å². The standard InChI is InChI=1S/C13H17N3O3/c1-9-12(13(17)15-14)6-11(19-9)8-16(2)7-10-4-3-5-18-10/h3-6H,7-8,14H2,1-2H3,(H,15,17). The Morgan fingerprint density at radius 1 is 1.42 bits per heavy atom. The predicted molar refractivity (Wildman–Crippen MR) is 69.0 cm³/mol. The van der Waals surface area contributed by atoms with Crippen molar-refractivity contribution in [1.82, 2.24) is 10.3 Å². The highest BCUT2D eigenvalue weighted by molar-refractivity contribution is 5.94. The van der Waals surface area contributed by atoms with Gasteiger partial charge in [0.2, 0.25) is 0 Å². The van der Waals surface area contributed by atoms with Crippen LogP contribution in [0.5, 0.6) is 0 Å². The van der Waals surface area contributed by atoms with Crippen molar-refractivity contribution in [3.63, 3.8) is 0 Å². The third-order valence-corrected chi connectivity index (χ3v) is 2.78. The Morgan fingerprint density at radius 3 is 2.79 bits per heavy atom. The van der Waals surface area contributed by atoms with Gasteiger partial charge in [0.25, 0.3) is 5.91 Å². The van der Waals surface area contributed by atoms with Crippen molar-refractivity contribution in [3.8, 4) is 0 Å². The van der Waals surface area contributed by atoms with Crippen LogP contribution in [0, 0.1) is 6.92 Å². The van der Waals surface area contributed by atoms with Crippen LogP contribution in [0.2, 0.25) is 0 Å². The number of hydrogen-bond donors (Lipinski definition) is 2. The number of nitrogen functional groups attached to an aromatic ring is 1. The fourth-order valence-electron chi connectivity index (χ4n) is 1.92. The van der Waals surface area contributed by atoms with Gasteiger partial charge in [-0.25, -0.2) is 5.84 Å². The summed E-state index contributed by atoms with van der Waals surface area (Å²) in [5.41, 5.74) is 2.56. The largest absolute Gasteiger partial charge is 0.468 e. The lowest BCUT2D eigenvalue weighted by Gasteiger charge is -2.12. The van der Waals surface area contributed by atoms with Crippen molar-refractivity contribution in [2.24, 2.45) is 5.84 Å². The number of carbonyl (C=O) groups is 1. The fraction of sp³-hybridized carbons (Fsp3) is 0.308. The molecule has 2 heterocycles. The molecule has 0 aromatic carbocycles. The van der Waals surface area contributed by atoms with Crippen LogP contribution in [0.3, 0.4) is 0 Å². The Hall–Kier alpha value is -2.05. The zero-order valence-corrected chi connectivity index (χ0v) is 11.0. The van der Waals surface area contributed by atoms with Crippen LogP contribution in [0.15, 0.2) is 33.3 Å². The van der Waals surface area contributed by atoms with Gasteiger partial charge in [0.1, 0.15) is 17.3 Å². The van der Waals surface area contributed by atoms with Gasteiger partial charge in [-0.3, -0.25) is 15.1 Å². The number of nitrogens with one attached hydrogen (secondary N) is 1. The predicted octanol–water partition coefficient (Wildman–Crippen LogP) is 1.42. The Bertz CT molecular complexity index is 545. The van der Waals surface area contributed by atoms with Crippen LogP contribution in [0.25, 0.3) is 0 Å². The first-order valence-electron chi connectivity index (χ1n) is 5.91. The highest BCUT2D eigenvalue weighted by Crippen LogP contribution is 2.16. The molecule has 19 heavy (non-hydrogen) atoms. The first-order valence-corrected chi connectivity index (χ1v) is 5.91. The minimum atomic E-state index is -0.346. The fourth-order valence-corrected chi connectivity index (χ4v) is 1.92. The smallest absolute Gasteiger partial charge is 0.268 e. The van der Waals surface area contributed by atoms with Gasteiger partial charge in [-0.1, -0.05) is 0 Å². The quantitative estimate of drug-likeness (QED) is 0.484. The van der Waals surface area contributed by atoms with Gasteiger partial charge in [-0.05, 0) is 32.2 Å². The van der Waals surface area contributed by atoms with E-state index >= 15 is 0 Å². The summed E-state index contributed by atoms with van der Waals surface area (Å²) >= 11 is 0. The van der Waals surface area contributed by atoms with Crippen molar-refractivity contribution >= 4 is 5.91 Å². The topological polar surface area (TPSA) is 84.6 Å². The second-order valence-corrected chi connectivity index (χ2v) is 4.41. The van der Waals surface area contributed by atoms with Crippen molar-refractivity contribution in [1.29, 1.82) is 0 Å². The van der Waals surface area contributed by atoms with Gasteiger partial charge >= 0.3 is 0 Å². The first kappa shape index (κ1) is 13.4. The Labute approximate surface area is 111 Å². The second kappa shape index (κ2) is 5.73. The SMILES string of the molecule is Cc1oc(CN(C)Cc2ccco2)cc1C(=O)NN. The molecule has 6 heteroatoms.